The lowest BCUT2D eigenvalue weighted by atomic mass is 9.89. The summed E-state index contributed by atoms with van der Waals surface area (Å²) in [6.45, 7) is 0.621. The van der Waals surface area contributed by atoms with Gasteiger partial charge in [0.1, 0.15) is 5.92 Å². The molecule has 0 amide bonds. The topological polar surface area (TPSA) is 46.5 Å². The van der Waals surface area contributed by atoms with E-state index in [1.165, 1.54) is 0 Å². The number of rotatable bonds is 3. The Kier molecular flexibility index (Phi) is 4.49. The van der Waals surface area contributed by atoms with Crippen LogP contribution in [-0.4, -0.2) is 23.8 Å². The van der Waals surface area contributed by atoms with Gasteiger partial charge in [-0.2, -0.15) is 0 Å². The van der Waals surface area contributed by atoms with E-state index in [1.807, 2.05) is 0 Å². The number of aliphatic carboxylic acids is 1. The number of carboxylic acid groups (broad SMARTS) is 1. The van der Waals surface area contributed by atoms with Crippen LogP contribution in [0.2, 0.25) is 10.0 Å². The molecule has 5 heteroatoms. The first-order chi connectivity index (χ1) is 8.59. The number of carbonyl (C=O) groups is 1. The third kappa shape index (κ3) is 2.97. The zero-order valence-corrected chi connectivity index (χ0v) is 11.2. The molecule has 0 spiro atoms. The Labute approximate surface area is 116 Å². The van der Waals surface area contributed by atoms with Crippen LogP contribution in [0.25, 0.3) is 0 Å². The van der Waals surface area contributed by atoms with Crippen LogP contribution in [0.5, 0.6) is 0 Å². The highest BCUT2D eigenvalue weighted by Gasteiger charge is 2.32. The summed E-state index contributed by atoms with van der Waals surface area (Å²) in [7, 11) is 0. The molecule has 2 atom stereocenters. The number of carboxylic acids is 1. The second-order valence-electron chi connectivity index (χ2n) is 4.39. The Morgan fingerprint density at radius 1 is 1.33 bits per heavy atom. The monoisotopic (exact) mass is 288 g/mol. The summed E-state index contributed by atoms with van der Waals surface area (Å²) < 4.78 is 5.57. The zero-order valence-electron chi connectivity index (χ0n) is 9.73. The van der Waals surface area contributed by atoms with Gasteiger partial charge in [-0.05, 0) is 37.0 Å². The van der Waals surface area contributed by atoms with Crippen molar-refractivity contribution in [1.29, 1.82) is 0 Å². The summed E-state index contributed by atoms with van der Waals surface area (Å²) in [5.74, 6) is -1.57. The Hall–Kier alpha value is -0.770. The summed E-state index contributed by atoms with van der Waals surface area (Å²) in [6, 6.07) is 4.93. The standard InChI is InChI=1S/C13H14Cl2O3/c14-9-5-4-8(7-10(9)15)12(13(16)17)11-3-1-2-6-18-11/h4-5,7,11-12H,1-3,6H2,(H,16,17)/t11-,12-/m1/s1. The largest absolute Gasteiger partial charge is 0.481 e. The maximum Gasteiger partial charge on any atom is 0.313 e. The lowest BCUT2D eigenvalue weighted by Gasteiger charge is -2.28. The van der Waals surface area contributed by atoms with E-state index in [1.54, 1.807) is 18.2 Å². The van der Waals surface area contributed by atoms with Crippen LogP contribution >= 0.6 is 23.2 Å². The van der Waals surface area contributed by atoms with Crippen molar-refractivity contribution in [2.45, 2.75) is 31.3 Å². The minimum atomic E-state index is -0.889. The molecule has 1 aliphatic rings. The van der Waals surface area contributed by atoms with Gasteiger partial charge in [-0.25, -0.2) is 0 Å². The normalized spacial score (nSPS) is 21.6. The second kappa shape index (κ2) is 5.91. The highest BCUT2D eigenvalue weighted by Crippen LogP contribution is 2.32. The van der Waals surface area contributed by atoms with E-state index >= 15 is 0 Å². The number of hydrogen-bond donors (Lipinski definition) is 1. The molecule has 2 rings (SSSR count). The molecule has 1 aromatic carbocycles. The molecule has 98 valence electrons. The Bertz CT molecular complexity index is 442. The molecule has 0 radical (unpaired) electrons. The minimum Gasteiger partial charge on any atom is -0.481 e. The van der Waals surface area contributed by atoms with Crippen molar-refractivity contribution >= 4 is 29.2 Å². The van der Waals surface area contributed by atoms with E-state index in [4.69, 9.17) is 27.9 Å². The number of hydrogen-bond acceptors (Lipinski definition) is 2. The lowest BCUT2D eigenvalue weighted by molar-refractivity contribution is -0.144. The van der Waals surface area contributed by atoms with E-state index in [0.29, 0.717) is 22.2 Å². The fourth-order valence-electron chi connectivity index (χ4n) is 2.25. The van der Waals surface area contributed by atoms with E-state index in [2.05, 4.69) is 0 Å². The van der Waals surface area contributed by atoms with Gasteiger partial charge in [0.15, 0.2) is 0 Å². The molecule has 3 nitrogen and oxygen atoms in total. The summed E-state index contributed by atoms with van der Waals surface area (Å²) >= 11 is 11.8. The van der Waals surface area contributed by atoms with Crippen molar-refractivity contribution in [3.05, 3.63) is 33.8 Å². The highest BCUT2D eigenvalue weighted by molar-refractivity contribution is 6.42. The predicted molar refractivity (Wildman–Crippen MR) is 70.4 cm³/mol. The average molecular weight is 289 g/mol. The molecule has 0 aromatic heterocycles. The van der Waals surface area contributed by atoms with Gasteiger partial charge < -0.3 is 9.84 Å². The number of halogens is 2. The van der Waals surface area contributed by atoms with Crippen LogP contribution in [-0.2, 0) is 9.53 Å². The van der Waals surface area contributed by atoms with Gasteiger partial charge in [-0.1, -0.05) is 29.3 Å². The molecule has 0 saturated carbocycles. The van der Waals surface area contributed by atoms with Gasteiger partial charge in [0.2, 0.25) is 0 Å². The maximum absolute atomic E-state index is 11.4. The quantitative estimate of drug-likeness (QED) is 0.922. The summed E-state index contributed by atoms with van der Waals surface area (Å²) in [5.41, 5.74) is 0.642. The molecular weight excluding hydrogens is 275 g/mol. The SMILES string of the molecule is O=C(O)[C@H](c1ccc(Cl)c(Cl)c1)[C@H]1CCCCO1. The number of ether oxygens (including phenoxy) is 1. The molecule has 1 aliphatic heterocycles. The van der Waals surface area contributed by atoms with Crippen LogP contribution < -0.4 is 0 Å². The smallest absolute Gasteiger partial charge is 0.313 e. The van der Waals surface area contributed by atoms with Crippen LogP contribution in [0.4, 0.5) is 0 Å². The fraction of sp³-hybridized carbons (Fsp3) is 0.462. The van der Waals surface area contributed by atoms with Crippen molar-refractivity contribution < 1.29 is 14.6 Å². The molecule has 0 bridgehead atoms. The molecule has 0 aliphatic carbocycles. The van der Waals surface area contributed by atoms with Crippen molar-refractivity contribution in [1.82, 2.24) is 0 Å². The third-order valence-corrected chi connectivity index (χ3v) is 3.89. The van der Waals surface area contributed by atoms with Crippen molar-refractivity contribution in [2.24, 2.45) is 0 Å². The van der Waals surface area contributed by atoms with Gasteiger partial charge in [-0.15, -0.1) is 0 Å². The summed E-state index contributed by atoms with van der Waals surface area (Å²) in [5, 5.41) is 10.2. The summed E-state index contributed by atoms with van der Waals surface area (Å²) in [6.07, 6.45) is 2.46. The molecule has 1 heterocycles. The highest BCUT2D eigenvalue weighted by atomic mass is 35.5. The molecule has 1 fully saturated rings. The van der Waals surface area contributed by atoms with Gasteiger partial charge >= 0.3 is 5.97 Å². The fourth-order valence-corrected chi connectivity index (χ4v) is 2.56. The van der Waals surface area contributed by atoms with Gasteiger partial charge in [0, 0.05) is 6.61 Å². The molecule has 1 saturated heterocycles. The first kappa shape index (κ1) is 13.7. The van der Waals surface area contributed by atoms with Crippen molar-refractivity contribution in [3.8, 4) is 0 Å². The second-order valence-corrected chi connectivity index (χ2v) is 5.21. The van der Waals surface area contributed by atoms with Crippen LogP contribution in [0.3, 0.4) is 0 Å². The first-order valence-corrected chi connectivity index (χ1v) is 6.64. The minimum absolute atomic E-state index is 0.284. The Morgan fingerprint density at radius 3 is 2.67 bits per heavy atom. The van der Waals surface area contributed by atoms with E-state index in [-0.39, 0.29) is 6.10 Å². The van der Waals surface area contributed by atoms with Gasteiger partial charge in [0.05, 0.1) is 16.1 Å². The van der Waals surface area contributed by atoms with E-state index < -0.39 is 11.9 Å². The molecule has 0 unspecified atom stereocenters. The van der Waals surface area contributed by atoms with E-state index in [9.17, 15) is 9.90 Å². The predicted octanol–water partition coefficient (Wildman–Crippen LogP) is 3.73. The lowest BCUT2D eigenvalue weighted by Crippen LogP contribution is -2.31. The average Bonchev–Trinajstić information content (AvgIpc) is 2.35. The Balaban J connectivity index is 2.28. The van der Waals surface area contributed by atoms with Crippen LogP contribution in [0, 0.1) is 0 Å². The maximum atomic E-state index is 11.4. The van der Waals surface area contributed by atoms with Crippen LogP contribution in [0.1, 0.15) is 30.7 Å². The molecule has 1 aromatic rings. The molecule has 18 heavy (non-hydrogen) atoms. The molecule has 1 N–H and O–H groups in total. The van der Waals surface area contributed by atoms with Crippen molar-refractivity contribution in [2.75, 3.05) is 6.61 Å². The number of benzene rings is 1. The van der Waals surface area contributed by atoms with Crippen molar-refractivity contribution in [3.63, 3.8) is 0 Å². The van der Waals surface area contributed by atoms with Gasteiger partial charge in [0.25, 0.3) is 0 Å². The summed E-state index contributed by atoms with van der Waals surface area (Å²) in [4.78, 5) is 11.4. The zero-order chi connectivity index (χ0) is 13.1. The van der Waals surface area contributed by atoms with Gasteiger partial charge in [-0.3, -0.25) is 4.79 Å². The Morgan fingerprint density at radius 2 is 2.11 bits per heavy atom. The first-order valence-electron chi connectivity index (χ1n) is 5.89. The van der Waals surface area contributed by atoms with Crippen LogP contribution in [0.15, 0.2) is 18.2 Å². The third-order valence-electron chi connectivity index (χ3n) is 3.16. The van der Waals surface area contributed by atoms with E-state index in [0.717, 1.165) is 19.3 Å². The molecular formula is C13H14Cl2O3.